The van der Waals surface area contributed by atoms with Gasteiger partial charge in [-0.05, 0) is 48.5 Å². The van der Waals surface area contributed by atoms with Gasteiger partial charge in [-0.25, -0.2) is 19.9 Å². The van der Waals surface area contributed by atoms with Crippen molar-refractivity contribution in [1.29, 1.82) is 0 Å². The second kappa shape index (κ2) is 11.3. The number of nitrogens with zero attached hydrogens (tertiary/aromatic N) is 7. The van der Waals surface area contributed by atoms with Crippen LogP contribution >= 0.6 is 0 Å². The fourth-order valence-electron chi connectivity index (χ4n) is 5.82. The number of nitrogens with one attached hydrogen (secondary N) is 3. The number of benzene rings is 1. The van der Waals surface area contributed by atoms with E-state index in [1.54, 1.807) is 24.8 Å². The Morgan fingerprint density at radius 2 is 1.76 bits per heavy atom. The minimum absolute atomic E-state index is 0.190. The van der Waals surface area contributed by atoms with E-state index in [1.165, 1.54) is 0 Å². The lowest BCUT2D eigenvalue weighted by Gasteiger charge is -2.33. The predicted molar refractivity (Wildman–Crippen MR) is 166 cm³/mol. The van der Waals surface area contributed by atoms with Crippen LogP contribution in [0.2, 0.25) is 0 Å². The number of aromatic nitrogens is 4. The fraction of sp³-hybridized carbons (Fsp3) is 0.323. The maximum Gasteiger partial charge on any atom is 0.255 e. The lowest BCUT2D eigenvalue weighted by Crippen LogP contribution is -2.44. The molecule has 0 atom stereocenters. The first-order valence-electron chi connectivity index (χ1n) is 14.5. The molecular weight excluding hydrogens is 528 g/mol. The highest BCUT2D eigenvalue weighted by molar-refractivity contribution is 6.05. The molecule has 3 aliphatic heterocycles. The summed E-state index contributed by atoms with van der Waals surface area (Å²) < 4.78 is 0. The largest absolute Gasteiger partial charge is 0.366 e. The standard InChI is InChI=1S/C31H34N10O/c1-39-12-14-41(15-13-39)30-26-16-21(2-3-27(26)36-20-37-30)24-5-7-34-29-25(24)18-23(19-35-29)38-31(42)22-4-6-33-28(17-22)40-10-8-32-9-11-40/h2-6,16-20,32H,7-15H2,1H3,(H,34,35)(H,38,42). The van der Waals surface area contributed by atoms with E-state index >= 15 is 0 Å². The summed E-state index contributed by atoms with van der Waals surface area (Å²) in [6, 6.07) is 11.9. The van der Waals surface area contributed by atoms with Crippen LogP contribution in [0.4, 0.5) is 23.1 Å². The smallest absolute Gasteiger partial charge is 0.255 e. The van der Waals surface area contributed by atoms with E-state index < -0.39 is 0 Å². The van der Waals surface area contributed by atoms with Crippen molar-refractivity contribution in [3.8, 4) is 0 Å². The van der Waals surface area contributed by atoms with Gasteiger partial charge in [0, 0.05) is 81.6 Å². The highest BCUT2D eigenvalue weighted by Crippen LogP contribution is 2.35. The zero-order chi connectivity index (χ0) is 28.5. The Bertz CT molecular complexity index is 1660. The van der Waals surface area contributed by atoms with Gasteiger partial charge in [-0.2, -0.15) is 0 Å². The first-order chi connectivity index (χ1) is 20.6. The number of anilines is 4. The highest BCUT2D eigenvalue weighted by Gasteiger charge is 2.21. The first-order valence-corrected chi connectivity index (χ1v) is 14.5. The molecule has 0 unspecified atom stereocenters. The molecule has 1 aromatic carbocycles. The number of fused-ring (bicyclic) bond motifs is 2. The number of carbonyl (C=O) groups excluding carboxylic acids is 1. The molecule has 11 nitrogen and oxygen atoms in total. The molecule has 0 radical (unpaired) electrons. The molecule has 0 spiro atoms. The lowest BCUT2D eigenvalue weighted by molar-refractivity contribution is 0.102. The average molecular weight is 563 g/mol. The average Bonchev–Trinajstić information content (AvgIpc) is 3.05. The minimum Gasteiger partial charge on any atom is -0.366 e. The molecular formula is C31H34N10O. The van der Waals surface area contributed by atoms with Crippen LogP contribution in [0, 0.1) is 0 Å². The molecule has 0 saturated carbocycles. The van der Waals surface area contributed by atoms with E-state index in [0.29, 0.717) is 17.8 Å². The molecule has 2 fully saturated rings. The van der Waals surface area contributed by atoms with Crippen LogP contribution in [0.25, 0.3) is 16.5 Å². The van der Waals surface area contributed by atoms with Gasteiger partial charge in [0.2, 0.25) is 0 Å². The molecule has 1 amide bonds. The lowest BCUT2D eigenvalue weighted by atomic mass is 9.94. The monoisotopic (exact) mass is 562 g/mol. The van der Waals surface area contributed by atoms with Gasteiger partial charge in [-0.3, -0.25) is 4.79 Å². The maximum absolute atomic E-state index is 13.3. The molecule has 214 valence electrons. The van der Waals surface area contributed by atoms with Crippen LogP contribution in [0.3, 0.4) is 0 Å². The van der Waals surface area contributed by atoms with Crippen molar-refractivity contribution in [1.82, 2.24) is 30.2 Å². The zero-order valence-electron chi connectivity index (χ0n) is 23.7. The van der Waals surface area contributed by atoms with Crippen LogP contribution in [0.1, 0.15) is 21.5 Å². The number of pyridine rings is 2. The summed E-state index contributed by atoms with van der Waals surface area (Å²) in [5, 5.41) is 10.8. The van der Waals surface area contributed by atoms with Crippen molar-refractivity contribution >= 4 is 45.5 Å². The van der Waals surface area contributed by atoms with Crippen molar-refractivity contribution in [2.45, 2.75) is 0 Å². The van der Waals surface area contributed by atoms with Crippen molar-refractivity contribution in [3.05, 3.63) is 77.9 Å². The SMILES string of the molecule is CN1CCN(c2ncnc3ccc(C4=CCNc5ncc(NC(=O)c6ccnc(N7CCNCC7)c6)cc54)cc23)CC1. The van der Waals surface area contributed by atoms with Gasteiger partial charge in [0.15, 0.2) is 0 Å². The molecule has 2 saturated heterocycles. The summed E-state index contributed by atoms with van der Waals surface area (Å²) in [5.74, 6) is 2.39. The first kappa shape index (κ1) is 26.3. The number of rotatable bonds is 5. The molecule has 0 bridgehead atoms. The molecule has 7 rings (SSSR count). The molecule has 3 N–H and O–H groups in total. The van der Waals surface area contributed by atoms with E-state index in [-0.39, 0.29) is 5.91 Å². The van der Waals surface area contributed by atoms with E-state index in [1.807, 2.05) is 12.1 Å². The third-order valence-electron chi connectivity index (χ3n) is 8.19. The number of likely N-dealkylation sites (N-methyl/N-ethyl adjacent to an activating group) is 1. The number of hydrogen-bond acceptors (Lipinski definition) is 10. The van der Waals surface area contributed by atoms with Gasteiger partial charge in [-0.15, -0.1) is 0 Å². The van der Waals surface area contributed by atoms with E-state index in [9.17, 15) is 4.79 Å². The molecule has 0 aliphatic carbocycles. The Morgan fingerprint density at radius 3 is 2.62 bits per heavy atom. The summed E-state index contributed by atoms with van der Waals surface area (Å²) >= 11 is 0. The Labute approximate surface area is 244 Å². The quantitative estimate of drug-likeness (QED) is 0.336. The molecule has 4 aromatic rings. The zero-order valence-corrected chi connectivity index (χ0v) is 23.7. The van der Waals surface area contributed by atoms with E-state index in [0.717, 1.165) is 97.4 Å². The van der Waals surface area contributed by atoms with E-state index in [2.05, 4.69) is 76.9 Å². The molecule has 11 heteroatoms. The Kier molecular flexibility index (Phi) is 7.10. The molecule has 6 heterocycles. The molecule has 42 heavy (non-hydrogen) atoms. The Balaban J connectivity index is 1.16. The summed E-state index contributed by atoms with van der Waals surface area (Å²) in [6.45, 7) is 8.10. The maximum atomic E-state index is 13.3. The number of carbonyl (C=O) groups is 1. The third-order valence-corrected chi connectivity index (χ3v) is 8.19. The highest BCUT2D eigenvalue weighted by atomic mass is 16.1. The van der Waals surface area contributed by atoms with Crippen molar-refractivity contribution in [2.75, 3.05) is 86.4 Å². The Morgan fingerprint density at radius 1 is 0.905 bits per heavy atom. The van der Waals surface area contributed by atoms with Gasteiger partial charge in [0.25, 0.3) is 5.91 Å². The summed E-state index contributed by atoms with van der Waals surface area (Å²) in [5.41, 5.74) is 5.19. The van der Waals surface area contributed by atoms with Gasteiger partial charge < -0.3 is 30.7 Å². The fourth-order valence-corrected chi connectivity index (χ4v) is 5.82. The second-order valence-electron chi connectivity index (χ2n) is 10.9. The third kappa shape index (κ3) is 5.24. The topological polar surface area (TPSA) is 114 Å². The van der Waals surface area contributed by atoms with Crippen LogP contribution in [0.5, 0.6) is 0 Å². The van der Waals surface area contributed by atoms with Crippen LogP contribution in [0.15, 0.2) is 61.2 Å². The minimum atomic E-state index is -0.190. The molecule has 3 aromatic heterocycles. The van der Waals surface area contributed by atoms with Crippen molar-refractivity contribution < 1.29 is 4.79 Å². The number of piperazine rings is 2. The van der Waals surface area contributed by atoms with Gasteiger partial charge in [0.1, 0.15) is 23.8 Å². The van der Waals surface area contributed by atoms with Gasteiger partial charge in [-0.1, -0.05) is 12.1 Å². The van der Waals surface area contributed by atoms with Crippen LogP contribution in [-0.4, -0.2) is 96.7 Å². The van der Waals surface area contributed by atoms with Crippen molar-refractivity contribution in [2.24, 2.45) is 0 Å². The van der Waals surface area contributed by atoms with Crippen LogP contribution < -0.4 is 25.8 Å². The van der Waals surface area contributed by atoms with Gasteiger partial charge in [0.05, 0.1) is 17.4 Å². The van der Waals surface area contributed by atoms with Crippen LogP contribution in [-0.2, 0) is 0 Å². The number of amides is 1. The summed E-state index contributed by atoms with van der Waals surface area (Å²) in [6.07, 6.45) is 7.22. The van der Waals surface area contributed by atoms with Gasteiger partial charge >= 0.3 is 0 Å². The second-order valence-corrected chi connectivity index (χ2v) is 10.9. The predicted octanol–water partition coefficient (Wildman–Crippen LogP) is 2.69. The van der Waals surface area contributed by atoms with Crippen molar-refractivity contribution in [3.63, 3.8) is 0 Å². The summed E-state index contributed by atoms with van der Waals surface area (Å²) in [7, 11) is 2.15. The van der Waals surface area contributed by atoms with E-state index in [4.69, 9.17) is 4.98 Å². The summed E-state index contributed by atoms with van der Waals surface area (Å²) in [4.78, 5) is 38.5. The Hall–Kier alpha value is -4.61. The normalized spacial score (nSPS) is 17.4. The molecule has 3 aliphatic rings. The number of hydrogen-bond donors (Lipinski definition) is 3.